The van der Waals surface area contributed by atoms with Crippen molar-refractivity contribution in [3.63, 3.8) is 0 Å². The van der Waals surface area contributed by atoms with Crippen molar-refractivity contribution in [2.75, 3.05) is 0 Å². The molecule has 19 heavy (non-hydrogen) atoms. The number of aromatic amines is 1. The summed E-state index contributed by atoms with van der Waals surface area (Å²) in [6.07, 6.45) is 0. The molecular weight excluding hydrogens is 316 g/mol. The molecule has 2 heterocycles. The molecule has 2 aromatic rings. The highest BCUT2D eigenvalue weighted by atomic mass is 35.5. The molecule has 0 radical (unpaired) electrons. The Kier molecular flexibility index (Phi) is 4.17. The van der Waals surface area contributed by atoms with Crippen molar-refractivity contribution in [3.8, 4) is 0 Å². The number of thioether (sulfide) groups is 2. The minimum atomic E-state index is 0.744. The molecule has 2 nitrogen and oxygen atoms in total. The first-order valence-corrected chi connectivity index (χ1v) is 8.72. The van der Waals surface area contributed by atoms with E-state index in [0.29, 0.717) is 0 Å². The number of rotatable bonds is 3. The zero-order chi connectivity index (χ0) is 13.2. The number of nitrogens with one attached hydrogen (secondary N) is 1. The minimum absolute atomic E-state index is 0.744. The zero-order valence-electron chi connectivity index (χ0n) is 9.98. The van der Waals surface area contributed by atoms with Crippen LogP contribution in [0.25, 0.3) is 0 Å². The lowest BCUT2D eigenvalue weighted by molar-refractivity contribution is 0.963. The van der Waals surface area contributed by atoms with Gasteiger partial charge in [0.05, 0.1) is 10.8 Å². The maximum Gasteiger partial charge on any atom is 0.134 e. The Labute approximate surface area is 130 Å². The van der Waals surface area contributed by atoms with Crippen LogP contribution in [0, 0.1) is 4.64 Å². The van der Waals surface area contributed by atoms with E-state index >= 15 is 0 Å². The van der Waals surface area contributed by atoms with Crippen LogP contribution in [0.1, 0.15) is 17.1 Å². The van der Waals surface area contributed by atoms with Gasteiger partial charge in [-0.2, -0.15) is 11.8 Å². The van der Waals surface area contributed by atoms with Gasteiger partial charge in [-0.1, -0.05) is 36.0 Å². The number of aromatic nitrogens is 2. The Balaban J connectivity index is 1.80. The standard InChI is InChI=1S/C13H11ClN2S3/c14-9-3-1-2-4-11(9)19-7-12-15-10-6-18-5-8(10)13(17)16-12/h1-4H,5-7H2,(H,15,16,17). The maximum atomic E-state index is 6.14. The first-order chi connectivity index (χ1) is 9.24. The van der Waals surface area contributed by atoms with Gasteiger partial charge in [-0.05, 0) is 12.1 Å². The fourth-order valence-corrected chi connectivity index (χ4v) is 4.47. The highest BCUT2D eigenvalue weighted by Crippen LogP contribution is 2.31. The number of benzene rings is 1. The Bertz CT molecular complexity index is 669. The predicted octanol–water partition coefficient (Wildman–Crippen LogP) is 4.83. The average molecular weight is 327 g/mol. The predicted molar refractivity (Wildman–Crippen MR) is 85.4 cm³/mol. The van der Waals surface area contributed by atoms with Crippen molar-refractivity contribution < 1.29 is 0 Å². The van der Waals surface area contributed by atoms with Gasteiger partial charge in [-0.3, -0.25) is 0 Å². The molecule has 6 heteroatoms. The van der Waals surface area contributed by atoms with Crippen LogP contribution in [0.3, 0.4) is 0 Å². The second kappa shape index (κ2) is 5.87. The molecule has 0 fully saturated rings. The molecule has 0 saturated heterocycles. The minimum Gasteiger partial charge on any atom is -0.345 e. The summed E-state index contributed by atoms with van der Waals surface area (Å²) in [7, 11) is 0. The fraction of sp³-hybridized carbons (Fsp3) is 0.231. The van der Waals surface area contributed by atoms with Gasteiger partial charge in [0.1, 0.15) is 10.5 Å². The first kappa shape index (κ1) is 13.5. The molecule has 0 spiro atoms. The van der Waals surface area contributed by atoms with Gasteiger partial charge in [0.25, 0.3) is 0 Å². The second-order valence-electron chi connectivity index (χ2n) is 4.16. The van der Waals surface area contributed by atoms with E-state index in [-0.39, 0.29) is 0 Å². The second-order valence-corrected chi connectivity index (χ2v) is 6.95. The topological polar surface area (TPSA) is 28.7 Å². The van der Waals surface area contributed by atoms with Crippen LogP contribution in [0.4, 0.5) is 0 Å². The molecule has 1 aromatic carbocycles. The van der Waals surface area contributed by atoms with Crippen LogP contribution in [-0.4, -0.2) is 9.97 Å². The summed E-state index contributed by atoms with van der Waals surface area (Å²) < 4.78 is 0.744. The lowest BCUT2D eigenvalue weighted by Crippen LogP contribution is -1.99. The van der Waals surface area contributed by atoms with E-state index < -0.39 is 0 Å². The zero-order valence-corrected chi connectivity index (χ0v) is 13.2. The van der Waals surface area contributed by atoms with Gasteiger partial charge in [0.15, 0.2) is 0 Å². The van der Waals surface area contributed by atoms with Gasteiger partial charge in [-0.15, -0.1) is 11.8 Å². The largest absolute Gasteiger partial charge is 0.345 e. The summed E-state index contributed by atoms with van der Waals surface area (Å²) in [5.41, 5.74) is 2.44. The molecular formula is C13H11ClN2S3. The van der Waals surface area contributed by atoms with Crippen molar-refractivity contribution in [2.24, 2.45) is 0 Å². The van der Waals surface area contributed by atoms with Crippen LogP contribution in [-0.2, 0) is 17.3 Å². The van der Waals surface area contributed by atoms with E-state index in [1.54, 1.807) is 11.8 Å². The molecule has 0 bridgehead atoms. The summed E-state index contributed by atoms with van der Waals surface area (Å²) in [5.74, 6) is 3.67. The third-order valence-electron chi connectivity index (χ3n) is 2.85. The smallest absolute Gasteiger partial charge is 0.134 e. The average Bonchev–Trinajstić information content (AvgIpc) is 2.87. The lowest BCUT2D eigenvalue weighted by atomic mass is 10.3. The van der Waals surface area contributed by atoms with E-state index in [4.69, 9.17) is 23.8 Å². The summed E-state index contributed by atoms with van der Waals surface area (Å²) in [6, 6.07) is 7.84. The molecule has 0 aliphatic carbocycles. The molecule has 3 rings (SSSR count). The number of halogens is 1. The van der Waals surface area contributed by atoms with E-state index in [0.717, 1.165) is 37.6 Å². The number of H-pyrrole nitrogens is 1. The van der Waals surface area contributed by atoms with Gasteiger partial charge in [0, 0.05) is 27.7 Å². The summed E-state index contributed by atoms with van der Waals surface area (Å²) >= 11 is 15.0. The van der Waals surface area contributed by atoms with Crippen LogP contribution in [0.2, 0.25) is 5.02 Å². The molecule has 0 unspecified atom stereocenters. The van der Waals surface area contributed by atoms with E-state index in [1.807, 2.05) is 36.0 Å². The SMILES string of the molecule is S=c1nc(CSc2ccccc2Cl)[nH]c2c1CSC2. The number of nitrogens with zero attached hydrogens (tertiary/aromatic N) is 1. The Morgan fingerprint density at radius 1 is 1.37 bits per heavy atom. The summed E-state index contributed by atoms with van der Waals surface area (Å²) in [5, 5.41) is 0.780. The first-order valence-electron chi connectivity index (χ1n) is 5.80. The van der Waals surface area contributed by atoms with Crippen molar-refractivity contribution >= 4 is 47.3 Å². The molecule has 0 amide bonds. The van der Waals surface area contributed by atoms with Gasteiger partial charge in [-0.25, -0.2) is 4.98 Å². The number of fused-ring (bicyclic) bond motifs is 1. The monoisotopic (exact) mass is 326 g/mol. The van der Waals surface area contributed by atoms with Crippen LogP contribution in [0.15, 0.2) is 29.2 Å². The maximum absolute atomic E-state index is 6.14. The van der Waals surface area contributed by atoms with E-state index in [9.17, 15) is 0 Å². The Hall–Kier alpha value is -0.490. The molecule has 1 aromatic heterocycles. The highest BCUT2D eigenvalue weighted by Gasteiger charge is 2.15. The van der Waals surface area contributed by atoms with E-state index in [1.165, 1.54) is 11.3 Å². The number of hydrogen-bond donors (Lipinski definition) is 1. The van der Waals surface area contributed by atoms with Crippen molar-refractivity contribution in [2.45, 2.75) is 22.2 Å². The summed E-state index contributed by atoms with van der Waals surface area (Å²) in [6.45, 7) is 0. The van der Waals surface area contributed by atoms with Gasteiger partial charge >= 0.3 is 0 Å². The molecule has 0 saturated carbocycles. The Morgan fingerprint density at radius 3 is 3.05 bits per heavy atom. The molecule has 1 N–H and O–H groups in total. The van der Waals surface area contributed by atoms with Crippen molar-refractivity contribution in [1.29, 1.82) is 0 Å². The molecule has 1 aliphatic rings. The molecule has 1 aliphatic heterocycles. The highest BCUT2D eigenvalue weighted by molar-refractivity contribution is 7.98. The van der Waals surface area contributed by atoms with Crippen molar-refractivity contribution in [1.82, 2.24) is 9.97 Å². The normalized spacial score (nSPS) is 13.5. The van der Waals surface area contributed by atoms with E-state index in [2.05, 4.69) is 9.97 Å². The quantitative estimate of drug-likeness (QED) is 0.646. The third-order valence-corrected chi connectivity index (χ3v) is 5.70. The molecule has 0 atom stereocenters. The Morgan fingerprint density at radius 2 is 2.21 bits per heavy atom. The van der Waals surface area contributed by atoms with Gasteiger partial charge < -0.3 is 4.98 Å². The van der Waals surface area contributed by atoms with Crippen LogP contribution < -0.4 is 0 Å². The third kappa shape index (κ3) is 2.99. The van der Waals surface area contributed by atoms with Crippen LogP contribution in [0.5, 0.6) is 0 Å². The van der Waals surface area contributed by atoms with Crippen molar-refractivity contribution in [3.05, 3.63) is 51.0 Å². The fourth-order valence-electron chi connectivity index (χ4n) is 1.90. The lowest BCUT2D eigenvalue weighted by Gasteiger charge is -2.06. The summed E-state index contributed by atoms with van der Waals surface area (Å²) in [4.78, 5) is 8.93. The van der Waals surface area contributed by atoms with Gasteiger partial charge in [0.2, 0.25) is 0 Å². The number of hydrogen-bond acceptors (Lipinski definition) is 4. The van der Waals surface area contributed by atoms with Crippen LogP contribution >= 0.6 is 47.3 Å². The molecule has 98 valence electrons.